The summed E-state index contributed by atoms with van der Waals surface area (Å²) in [5.74, 6) is -0.0155. The third-order valence-electron chi connectivity index (χ3n) is 3.09. The molecule has 2 rings (SSSR count). The third kappa shape index (κ3) is 4.70. The van der Waals surface area contributed by atoms with Crippen molar-refractivity contribution >= 4 is 16.8 Å². The predicted octanol–water partition coefficient (Wildman–Crippen LogP) is 3.03. The number of hydrogen-bond donors (Lipinski definition) is 1. The minimum absolute atomic E-state index is 0.290. The summed E-state index contributed by atoms with van der Waals surface area (Å²) in [5.41, 5.74) is 0.567. The van der Waals surface area contributed by atoms with Crippen LogP contribution >= 0.6 is 0 Å². The van der Waals surface area contributed by atoms with Gasteiger partial charge in [0.15, 0.2) is 5.25 Å². The standard InChI is InChI=1S/C17H18O4S/c18-17(19)16(14-8-3-1-4-9-14)22(20)13-7-12-21-15-10-5-2-6-11-15/h1-6,8-11,16H,7,12-13H2,(H,18,19). The van der Waals surface area contributed by atoms with Gasteiger partial charge in [0.05, 0.1) is 6.61 Å². The average Bonchev–Trinajstić information content (AvgIpc) is 2.53. The first-order chi connectivity index (χ1) is 10.7. The number of carbonyl (C=O) groups is 1. The summed E-state index contributed by atoms with van der Waals surface area (Å²) in [7, 11) is -1.48. The van der Waals surface area contributed by atoms with Crippen LogP contribution in [0.1, 0.15) is 17.2 Å². The van der Waals surface area contributed by atoms with Gasteiger partial charge >= 0.3 is 5.97 Å². The molecule has 2 atom stereocenters. The second kappa shape index (κ2) is 8.34. The molecule has 0 fully saturated rings. The van der Waals surface area contributed by atoms with E-state index < -0.39 is 22.0 Å². The van der Waals surface area contributed by atoms with Gasteiger partial charge in [0, 0.05) is 16.6 Å². The number of aliphatic carboxylic acids is 1. The molecule has 0 aliphatic rings. The highest BCUT2D eigenvalue weighted by atomic mass is 32.2. The van der Waals surface area contributed by atoms with Crippen LogP contribution in [0, 0.1) is 0 Å². The van der Waals surface area contributed by atoms with Gasteiger partial charge in [0.25, 0.3) is 0 Å². The molecule has 0 bridgehead atoms. The van der Waals surface area contributed by atoms with Crippen LogP contribution in [0.25, 0.3) is 0 Å². The Morgan fingerprint density at radius 3 is 2.23 bits per heavy atom. The molecule has 2 aromatic rings. The molecule has 2 aromatic carbocycles. The van der Waals surface area contributed by atoms with Gasteiger partial charge < -0.3 is 9.84 Å². The number of ether oxygens (including phenoxy) is 1. The first kappa shape index (κ1) is 16.2. The second-order valence-electron chi connectivity index (χ2n) is 4.73. The monoisotopic (exact) mass is 318 g/mol. The molecule has 0 amide bonds. The fourth-order valence-electron chi connectivity index (χ4n) is 2.06. The van der Waals surface area contributed by atoms with Crippen molar-refractivity contribution < 1.29 is 18.8 Å². The van der Waals surface area contributed by atoms with Gasteiger partial charge in [-0.05, 0) is 24.1 Å². The summed E-state index contributed by atoms with van der Waals surface area (Å²) in [4.78, 5) is 11.4. The van der Waals surface area contributed by atoms with Crippen molar-refractivity contribution in [3.8, 4) is 5.75 Å². The van der Waals surface area contributed by atoms with Gasteiger partial charge in [0.2, 0.25) is 0 Å². The Labute approximate surface area is 132 Å². The highest BCUT2D eigenvalue weighted by molar-refractivity contribution is 7.86. The van der Waals surface area contributed by atoms with Crippen molar-refractivity contribution in [3.05, 3.63) is 66.2 Å². The molecule has 4 nitrogen and oxygen atoms in total. The Balaban J connectivity index is 1.86. The fourth-order valence-corrected chi connectivity index (χ4v) is 3.38. The smallest absolute Gasteiger partial charge is 0.323 e. The lowest BCUT2D eigenvalue weighted by Crippen LogP contribution is -2.20. The van der Waals surface area contributed by atoms with E-state index in [4.69, 9.17) is 4.74 Å². The maximum atomic E-state index is 12.3. The van der Waals surface area contributed by atoms with Crippen LogP contribution in [0.3, 0.4) is 0 Å². The minimum atomic E-state index is -1.48. The van der Waals surface area contributed by atoms with E-state index in [1.54, 1.807) is 30.3 Å². The Bertz CT molecular complexity index is 613. The molecule has 116 valence electrons. The minimum Gasteiger partial charge on any atom is -0.494 e. The average molecular weight is 318 g/mol. The largest absolute Gasteiger partial charge is 0.494 e. The highest BCUT2D eigenvalue weighted by Crippen LogP contribution is 2.21. The molecule has 0 spiro atoms. The van der Waals surface area contributed by atoms with Crippen molar-refractivity contribution in [1.29, 1.82) is 0 Å². The maximum Gasteiger partial charge on any atom is 0.323 e. The first-order valence-electron chi connectivity index (χ1n) is 7.01. The predicted molar refractivity (Wildman–Crippen MR) is 86.4 cm³/mol. The lowest BCUT2D eigenvalue weighted by molar-refractivity contribution is -0.136. The van der Waals surface area contributed by atoms with Gasteiger partial charge in [0.1, 0.15) is 5.75 Å². The van der Waals surface area contributed by atoms with E-state index in [0.717, 1.165) is 5.75 Å². The summed E-state index contributed by atoms with van der Waals surface area (Å²) < 4.78 is 17.8. The molecule has 0 aliphatic heterocycles. The second-order valence-corrected chi connectivity index (χ2v) is 6.37. The highest BCUT2D eigenvalue weighted by Gasteiger charge is 2.26. The zero-order valence-electron chi connectivity index (χ0n) is 12.1. The van der Waals surface area contributed by atoms with Crippen LogP contribution in [0.4, 0.5) is 0 Å². The molecular formula is C17H18O4S. The number of carboxylic acid groups (broad SMARTS) is 1. The zero-order chi connectivity index (χ0) is 15.8. The van der Waals surface area contributed by atoms with Gasteiger partial charge in [-0.25, -0.2) is 0 Å². The Hall–Kier alpha value is -2.14. The van der Waals surface area contributed by atoms with Crippen LogP contribution in [-0.4, -0.2) is 27.6 Å². The Kier molecular flexibility index (Phi) is 6.15. The molecule has 2 unspecified atom stereocenters. The van der Waals surface area contributed by atoms with Crippen LogP contribution in [0.5, 0.6) is 5.75 Å². The molecule has 0 heterocycles. The van der Waals surface area contributed by atoms with Gasteiger partial charge in [-0.1, -0.05) is 48.5 Å². The van der Waals surface area contributed by atoms with Gasteiger partial charge in [-0.3, -0.25) is 9.00 Å². The van der Waals surface area contributed by atoms with E-state index in [1.807, 2.05) is 30.3 Å². The lowest BCUT2D eigenvalue weighted by atomic mass is 10.1. The summed E-state index contributed by atoms with van der Waals surface area (Å²) in [6.07, 6.45) is 0.540. The molecule has 1 N–H and O–H groups in total. The molecule has 22 heavy (non-hydrogen) atoms. The van der Waals surface area contributed by atoms with Crippen molar-refractivity contribution in [2.45, 2.75) is 11.7 Å². The number of para-hydroxylation sites is 1. The third-order valence-corrected chi connectivity index (χ3v) is 4.78. The summed E-state index contributed by atoms with van der Waals surface area (Å²) in [5, 5.41) is 8.32. The first-order valence-corrected chi connectivity index (χ1v) is 8.39. The molecule has 0 aliphatic carbocycles. The molecule has 5 heteroatoms. The van der Waals surface area contributed by atoms with E-state index in [1.165, 1.54) is 0 Å². The molecular weight excluding hydrogens is 300 g/mol. The molecule has 0 radical (unpaired) electrons. The van der Waals surface area contributed by atoms with Crippen LogP contribution in [0.2, 0.25) is 0 Å². The lowest BCUT2D eigenvalue weighted by Gasteiger charge is -2.13. The van der Waals surface area contributed by atoms with E-state index in [-0.39, 0.29) is 0 Å². The number of hydrogen-bond acceptors (Lipinski definition) is 3. The van der Waals surface area contributed by atoms with Gasteiger partial charge in [-0.15, -0.1) is 0 Å². The number of rotatable bonds is 8. The quantitative estimate of drug-likeness (QED) is 0.760. The normalized spacial score (nSPS) is 13.3. The molecule has 0 aromatic heterocycles. The molecule has 0 saturated heterocycles. The number of benzene rings is 2. The fraction of sp³-hybridized carbons (Fsp3) is 0.235. The summed E-state index contributed by atoms with van der Waals surface area (Å²) >= 11 is 0. The maximum absolute atomic E-state index is 12.3. The SMILES string of the molecule is O=C(O)C(c1ccccc1)S(=O)CCCOc1ccccc1. The summed E-state index contributed by atoms with van der Waals surface area (Å²) in [6.45, 7) is 0.414. The van der Waals surface area contributed by atoms with E-state index in [9.17, 15) is 14.1 Å². The topological polar surface area (TPSA) is 63.6 Å². The van der Waals surface area contributed by atoms with Gasteiger partial charge in [-0.2, -0.15) is 0 Å². The van der Waals surface area contributed by atoms with Crippen LogP contribution < -0.4 is 4.74 Å². The number of carboxylic acids is 1. The van der Waals surface area contributed by atoms with Crippen molar-refractivity contribution in [3.63, 3.8) is 0 Å². The van der Waals surface area contributed by atoms with E-state index in [2.05, 4.69) is 0 Å². The van der Waals surface area contributed by atoms with E-state index >= 15 is 0 Å². The van der Waals surface area contributed by atoms with Crippen molar-refractivity contribution in [2.24, 2.45) is 0 Å². The summed E-state index contributed by atoms with van der Waals surface area (Å²) in [6, 6.07) is 18.0. The van der Waals surface area contributed by atoms with Crippen LogP contribution in [-0.2, 0) is 15.6 Å². The van der Waals surface area contributed by atoms with Crippen molar-refractivity contribution in [1.82, 2.24) is 0 Å². The Morgan fingerprint density at radius 2 is 1.64 bits per heavy atom. The van der Waals surface area contributed by atoms with Crippen molar-refractivity contribution in [2.75, 3.05) is 12.4 Å². The molecule has 0 saturated carbocycles. The van der Waals surface area contributed by atoms with E-state index in [0.29, 0.717) is 24.3 Å². The Morgan fingerprint density at radius 1 is 1.05 bits per heavy atom. The van der Waals surface area contributed by atoms with Crippen LogP contribution in [0.15, 0.2) is 60.7 Å². The zero-order valence-corrected chi connectivity index (χ0v) is 12.9.